The highest BCUT2D eigenvalue weighted by Gasteiger charge is 2.12. The molecule has 1 rings (SSSR count). The molecule has 0 spiro atoms. The third kappa shape index (κ3) is 5.76. The van der Waals surface area contributed by atoms with Gasteiger partial charge in [-0.05, 0) is 43.2 Å². The lowest BCUT2D eigenvalue weighted by Gasteiger charge is -2.26. The second-order valence-corrected chi connectivity index (χ2v) is 4.99. The Morgan fingerprint density at radius 2 is 2.24 bits per heavy atom. The Hall–Kier alpha value is -2.19. The van der Waals surface area contributed by atoms with Crippen molar-refractivity contribution in [2.24, 2.45) is 0 Å². The first-order valence-corrected chi connectivity index (χ1v) is 6.74. The van der Waals surface area contributed by atoms with Crippen molar-refractivity contribution >= 4 is 12.0 Å². The van der Waals surface area contributed by atoms with Crippen LogP contribution in [0.5, 0.6) is 0 Å². The van der Waals surface area contributed by atoms with Crippen molar-refractivity contribution in [3.8, 4) is 6.07 Å². The van der Waals surface area contributed by atoms with Gasteiger partial charge in [0.2, 0.25) is 0 Å². The summed E-state index contributed by atoms with van der Waals surface area (Å²) in [6.07, 6.45) is 2.80. The Morgan fingerprint density at radius 3 is 2.81 bits per heavy atom. The molecule has 0 saturated carbocycles. The predicted octanol–water partition coefficient (Wildman–Crippen LogP) is 3.05. The number of benzene rings is 1. The van der Waals surface area contributed by atoms with Gasteiger partial charge in [-0.2, -0.15) is 5.26 Å². The number of rotatable bonds is 7. The quantitative estimate of drug-likeness (QED) is 0.784. The van der Waals surface area contributed by atoms with Crippen molar-refractivity contribution in [1.29, 1.82) is 5.26 Å². The Kier molecular flexibility index (Phi) is 6.57. The van der Waals surface area contributed by atoms with Gasteiger partial charge in [0, 0.05) is 31.6 Å². The molecular formula is C16H19FN2O2. The maximum atomic E-state index is 13.3. The van der Waals surface area contributed by atoms with E-state index >= 15 is 0 Å². The summed E-state index contributed by atoms with van der Waals surface area (Å²) in [5.74, 6) is -1.48. The maximum absolute atomic E-state index is 13.3. The average Bonchev–Trinajstić information content (AvgIpc) is 2.42. The highest BCUT2D eigenvalue weighted by atomic mass is 19.1. The van der Waals surface area contributed by atoms with Gasteiger partial charge in [0.25, 0.3) is 0 Å². The molecule has 0 aliphatic heterocycles. The van der Waals surface area contributed by atoms with Gasteiger partial charge >= 0.3 is 5.97 Å². The molecule has 0 bridgehead atoms. The molecule has 1 aromatic rings. The third-order valence-electron chi connectivity index (χ3n) is 3.13. The van der Waals surface area contributed by atoms with Crippen molar-refractivity contribution in [2.45, 2.75) is 32.9 Å². The summed E-state index contributed by atoms with van der Waals surface area (Å²) in [5, 5.41) is 17.4. The molecule has 0 aliphatic carbocycles. The highest BCUT2D eigenvalue weighted by molar-refractivity contribution is 5.85. The molecule has 0 atom stereocenters. The molecule has 0 saturated heterocycles. The second kappa shape index (κ2) is 8.18. The van der Waals surface area contributed by atoms with E-state index in [1.807, 2.05) is 13.8 Å². The molecular weight excluding hydrogens is 271 g/mol. The summed E-state index contributed by atoms with van der Waals surface area (Å²) in [4.78, 5) is 12.7. The molecule has 1 aromatic carbocycles. The molecule has 5 heteroatoms. The van der Waals surface area contributed by atoms with Gasteiger partial charge in [-0.15, -0.1) is 0 Å². The normalized spacial score (nSPS) is 11.2. The number of carboxylic acid groups (broad SMARTS) is 1. The molecule has 0 fully saturated rings. The predicted molar refractivity (Wildman–Crippen MR) is 78.8 cm³/mol. The summed E-state index contributed by atoms with van der Waals surface area (Å²) in [7, 11) is 0. The van der Waals surface area contributed by atoms with E-state index in [4.69, 9.17) is 10.4 Å². The number of nitrogens with zero attached hydrogens (tertiary/aromatic N) is 2. The topological polar surface area (TPSA) is 64.3 Å². The monoisotopic (exact) mass is 290 g/mol. The van der Waals surface area contributed by atoms with Crippen LogP contribution < -0.4 is 0 Å². The van der Waals surface area contributed by atoms with E-state index < -0.39 is 11.8 Å². The molecule has 0 aliphatic rings. The Bertz CT molecular complexity index is 562. The van der Waals surface area contributed by atoms with Gasteiger partial charge in [-0.25, -0.2) is 9.18 Å². The van der Waals surface area contributed by atoms with Crippen LogP contribution in [-0.2, 0) is 11.3 Å². The highest BCUT2D eigenvalue weighted by Crippen LogP contribution is 2.17. The largest absolute Gasteiger partial charge is 0.478 e. The number of hydrogen-bond donors (Lipinski definition) is 1. The van der Waals surface area contributed by atoms with E-state index in [1.54, 1.807) is 6.07 Å². The van der Waals surface area contributed by atoms with Crippen LogP contribution in [-0.4, -0.2) is 28.6 Å². The van der Waals surface area contributed by atoms with Crippen LogP contribution in [0.4, 0.5) is 4.39 Å². The molecule has 0 aromatic heterocycles. The zero-order valence-corrected chi connectivity index (χ0v) is 12.2. The first-order valence-electron chi connectivity index (χ1n) is 6.74. The minimum absolute atomic E-state index is 0.236. The summed E-state index contributed by atoms with van der Waals surface area (Å²) in [6, 6.07) is 6.67. The van der Waals surface area contributed by atoms with E-state index in [0.29, 0.717) is 25.1 Å². The van der Waals surface area contributed by atoms with Crippen molar-refractivity contribution in [3.63, 3.8) is 0 Å². The maximum Gasteiger partial charge on any atom is 0.328 e. The SMILES string of the molecule is CC(C)N(CCC#N)Cc1ccc(F)cc1C=CC(=O)O. The lowest BCUT2D eigenvalue weighted by molar-refractivity contribution is -0.131. The van der Waals surface area contributed by atoms with E-state index in [2.05, 4.69) is 11.0 Å². The van der Waals surface area contributed by atoms with Crippen LogP contribution in [0.1, 0.15) is 31.4 Å². The third-order valence-corrected chi connectivity index (χ3v) is 3.13. The van der Waals surface area contributed by atoms with Crippen molar-refractivity contribution < 1.29 is 14.3 Å². The van der Waals surface area contributed by atoms with Gasteiger partial charge in [0.15, 0.2) is 0 Å². The summed E-state index contributed by atoms with van der Waals surface area (Å²) < 4.78 is 13.3. The van der Waals surface area contributed by atoms with Crippen LogP contribution >= 0.6 is 0 Å². The lowest BCUT2D eigenvalue weighted by Crippen LogP contribution is -2.31. The fourth-order valence-electron chi connectivity index (χ4n) is 1.96. The molecule has 0 amide bonds. The van der Waals surface area contributed by atoms with E-state index in [1.165, 1.54) is 18.2 Å². The van der Waals surface area contributed by atoms with E-state index in [9.17, 15) is 9.18 Å². The van der Waals surface area contributed by atoms with Crippen molar-refractivity contribution in [2.75, 3.05) is 6.54 Å². The number of nitriles is 1. The Labute approximate surface area is 124 Å². The van der Waals surface area contributed by atoms with Gasteiger partial charge in [0.1, 0.15) is 5.82 Å². The number of hydrogen-bond acceptors (Lipinski definition) is 3. The van der Waals surface area contributed by atoms with Gasteiger partial charge in [-0.1, -0.05) is 6.07 Å². The van der Waals surface area contributed by atoms with Gasteiger partial charge in [0.05, 0.1) is 6.07 Å². The van der Waals surface area contributed by atoms with Crippen LogP contribution in [0.2, 0.25) is 0 Å². The minimum atomic E-state index is -1.07. The van der Waals surface area contributed by atoms with E-state index in [0.717, 1.165) is 11.6 Å². The second-order valence-electron chi connectivity index (χ2n) is 4.99. The molecule has 0 unspecified atom stereocenters. The summed E-state index contributed by atoms with van der Waals surface area (Å²) in [5.41, 5.74) is 1.38. The van der Waals surface area contributed by atoms with Gasteiger partial charge < -0.3 is 5.11 Å². The van der Waals surface area contributed by atoms with Crippen LogP contribution in [0.3, 0.4) is 0 Å². The number of halogens is 1. The smallest absolute Gasteiger partial charge is 0.328 e. The van der Waals surface area contributed by atoms with Crippen molar-refractivity contribution in [3.05, 3.63) is 41.2 Å². The lowest BCUT2D eigenvalue weighted by atomic mass is 10.1. The molecule has 4 nitrogen and oxygen atoms in total. The molecule has 0 radical (unpaired) electrons. The Balaban J connectivity index is 3.00. The molecule has 0 heterocycles. The van der Waals surface area contributed by atoms with Crippen LogP contribution in [0.15, 0.2) is 24.3 Å². The van der Waals surface area contributed by atoms with Gasteiger partial charge in [-0.3, -0.25) is 4.90 Å². The number of carboxylic acids is 1. The zero-order valence-electron chi connectivity index (χ0n) is 12.2. The standard InChI is InChI=1S/C16H19FN2O2/c1-12(2)19(9-3-8-18)11-14-4-6-15(17)10-13(14)5-7-16(20)21/h4-7,10,12H,3,9,11H2,1-2H3,(H,20,21). The fourth-order valence-corrected chi connectivity index (χ4v) is 1.96. The summed E-state index contributed by atoms with van der Waals surface area (Å²) >= 11 is 0. The minimum Gasteiger partial charge on any atom is -0.478 e. The van der Waals surface area contributed by atoms with Crippen molar-refractivity contribution in [1.82, 2.24) is 4.90 Å². The molecule has 21 heavy (non-hydrogen) atoms. The average molecular weight is 290 g/mol. The van der Waals surface area contributed by atoms with Crippen LogP contribution in [0.25, 0.3) is 6.08 Å². The van der Waals surface area contributed by atoms with E-state index in [-0.39, 0.29) is 6.04 Å². The first-order chi connectivity index (χ1) is 9.93. The summed E-state index contributed by atoms with van der Waals surface area (Å²) in [6.45, 7) is 5.20. The zero-order chi connectivity index (χ0) is 15.8. The molecule has 1 N–H and O–H groups in total. The molecule has 112 valence electrons. The fraction of sp³-hybridized carbons (Fsp3) is 0.375. The number of carbonyl (C=O) groups is 1. The Morgan fingerprint density at radius 1 is 1.52 bits per heavy atom. The first kappa shape index (κ1) is 16.9. The van der Waals surface area contributed by atoms with Crippen LogP contribution in [0, 0.1) is 17.1 Å². The number of aliphatic carboxylic acids is 1.